The minimum absolute atomic E-state index is 0.0974. The third-order valence-corrected chi connectivity index (χ3v) is 5.55. The highest BCUT2D eigenvalue weighted by molar-refractivity contribution is 7.90. The topological polar surface area (TPSA) is 84.5 Å². The van der Waals surface area contributed by atoms with Crippen molar-refractivity contribution in [1.29, 1.82) is 0 Å². The molecule has 0 radical (unpaired) electrons. The molecule has 0 bridgehead atoms. The smallest absolute Gasteiger partial charge is 0.315 e. The van der Waals surface area contributed by atoms with Crippen LogP contribution in [-0.4, -0.2) is 27.3 Å². The average molecular weight is 374 g/mol. The number of sulfone groups is 1. The quantitative estimate of drug-likeness (QED) is 0.862. The lowest BCUT2D eigenvalue weighted by Crippen LogP contribution is -2.40. The van der Waals surface area contributed by atoms with Crippen molar-refractivity contribution < 1.29 is 17.9 Å². The number of benzene rings is 2. The molecule has 2 N–H and O–H groups in total. The number of para-hydroxylation sites is 1. The zero-order chi connectivity index (χ0) is 18.7. The maximum Gasteiger partial charge on any atom is 0.315 e. The zero-order valence-corrected chi connectivity index (χ0v) is 15.5. The van der Waals surface area contributed by atoms with E-state index in [1.165, 1.54) is 6.26 Å². The second kappa shape index (κ2) is 7.37. The summed E-state index contributed by atoms with van der Waals surface area (Å²) in [5.41, 5.74) is 1.80. The largest absolute Gasteiger partial charge is 0.493 e. The third kappa shape index (κ3) is 4.16. The predicted octanol–water partition coefficient (Wildman–Crippen LogP) is 2.97. The van der Waals surface area contributed by atoms with Gasteiger partial charge in [0.2, 0.25) is 0 Å². The second-order valence-corrected chi connectivity index (χ2v) is 8.42. The molecule has 6 nitrogen and oxygen atoms in total. The van der Waals surface area contributed by atoms with Gasteiger partial charge in [-0.25, -0.2) is 13.2 Å². The Morgan fingerprint density at radius 3 is 2.54 bits per heavy atom. The fourth-order valence-electron chi connectivity index (χ4n) is 2.98. The molecule has 0 saturated carbocycles. The van der Waals surface area contributed by atoms with Crippen molar-refractivity contribution in [3.63, 3.8) is 0 Å². The molecule has 0 aliphatic carbocycles. The Kier molecular flexibility index (Phi) is 5.18. The summed E-state index contributed by atoms with van der Waals surface area (Å²) >= 11 is 0. The molecule has 3 rings (SSSR count). The first-order chi connectivity index (χ1) is 12.3. The molecule has 0 fully saturated rings. The van der Waals surface area contributed by atoms with E-state index in [4.69, 9.17) is 4.74 Å². The van der Waals surface area contributed by atoms with Crippen molar-refractivity contribution in [2.45, 2.75) is 30.3 Å². The number of amides is 2. The first-order valence-corrected chi connectivity index (χ1v) is 10.3. The number of rotatable bonds is 4. The van der Waals surface area contributed by atoms with Crippen LogP contribution in [0.4, 0.5) is 4.79 Å². The van der Waals surface area contributed by atoms with Crippen LogP contribution in [0.1, 0.15) is 36.6 Å². The second-order valence-electron chi connectivity index (χ2n) is 6.41. The van der Waals surface area contributed by atoms with Crippen LogP contribution >= 0.6 is 0 Å². The van der Waals surface area contributed by atoms with Crippen LogP contribution in [0, 0.1) is 0 Å². The molecule has 0 unspecified atom stereocenters. The van der Waals surface area contributed by atoms with Crippen LogP contribution in [0.25, 0.3) is 0 Å². The van der Waals surface area contributed by atoms with Crippen LogP contribution in [0.5, 0.6) is 5.75 Å². The molecule has 138 valence electrons. The lowest BCUT2D eigenvalue weighted by atomic mass is 10.0. The Morgan fingerprint density at radius 1 is 1.15 bits per heavy atom. The van der Waals surface area contributed by atoms with Crippen molar-refractivity contribution >= 4 is 15.9 Å². The summed E-state index contributed by atoms with van der Waals surface area (Å²) in [7, 11) is -3.23. The van der Waals surface area contributed by atoms with Crippen LogP contribution in [0.2, 0.25) is 0 Å². The highest BCUT2D eigenvalue weighted by atomic mass is 32.2. The van der Waals surface area contributed by atoms with Gasteiger partial charge in [-0.2, -0.15) is 0 Å². The monoisotopic (exact) mass is 374 g/mol. The third-order valence-electron chi connectivity index (χ3n) is 4.42. The summed E-state index contributed by atoms with van der Waals surface area (Å²) in [5, 5.41) is 5.88. The summed E-state index contributed by atoms with van der Waals surface area (Å²) in [6, 6.07) is 13.6. The molecule has 26 heavy (non-hydrogen) atoms. The van der Waals surface area contributed by atoms with Crippen molar-refractivity contribution in [3.8, 4) is 5.75 Å². The first-order valence-electron chi connectivity index (χ1n) is 8.43. The van der Waals surface area contributed by atoms with E-state index in [1.54, 1.807) is 24.3 Å². The van der Waals surface area contributed by atoms with Crippen molar-refractivity contribution in [3.05, 3.63) is 59.7 Å². The zero-order valence-electron chi connectivity index (χ0n) is 14.7. The van der Waals surface area contributed by atoms with Gasteiger partial charge in [0.1, 0.15) is 5.75 Å². The van der Waals surface area contributed by atoms with Crippen LogP contribution in [0.15, 0.2) is 53.4 Å². The SMILES string of the molecule is C[C@@H](NC(=O)N[C@H]1CCOc2ccccc21)c1ccc(S(C)(=O)=O)cc1. The van der Waals surface area contributed by atoms with Crippen LogP contribution in [-0.2, 0) is 9.84 Å². The summed E-state index contributed by atoms with van der Waals surface area (Å²) in [6.07, 6.45) is 1.88. The van der Waals surface area contributed by atoms with Gasteiger partial charge in [-0.3, -0.25) is 0 Å². The molecule has 0 spiro atoms. The number of carbonyl (C=O) groups is 1. The van der Waals surface area contributed by atoms with E-state index >= 15 is 0 Å². The highest BCUT2D eigenvalue weighted by Gasteiger charge is 2.23. The summed E-state index contributed by atoms with van der Waals surface area (Å²) in [5.74, 6) is 0.800. The van der Waals surface area contributed by atoms with E-state index < -0.39 is 9.84 Å². The Labute approximate surface area is 153 Å². The number of urea groups is 1. The molecule has 2 aromatic carbocycles. The molecule has 1 aliphatic heterocycles. The van der Waals surface area contributed by atoms with E-state index in [0.29, 0.717) is 13.0 Å². The average Bonchev–Trinajstić information content (AvgIpc) is 2.61. The van der Waals surface area contributed by atoms with Gasteiger partial charge in [-0.15, -0.1) is 0 Å². The highest BCUT2D eigenvalue weighted by Crippen LogP contribution is 2.31. The van der Waals surface area contributed by atoms with E-state index in [0.717, 1.165) is 16.9 Å². The van der Waals surface area contributed by atoms with Gasteiger partial charge in [-0.1, -0.05) is 30.3 Å². The number of ether oxygens (including phenoxy) is 1. The molecular weight excluding hydrogens is 352 g/mol. The van der Waals surface area contributed by atoms with Crippen LogP contribution < -0.4 is 15.4 Å². The molecule has 1 aliphatic rings. The lowest BCUT2D eigenvalue weighted by molar-refractivity contribution is 0.221. The summed E-state index contributed by atoms with van der Waals surface area (Å²) in [6.45, 7) is 2.41. The Morgan fingerprint density at radius 2 is 1.85 bits per heavy atom. The maximum atomic E-state index is 12.4. The molecule has 2 atom stereocenters. The molecule has 7 heteroatoms. The standard InChI is InChI=1S/C19H22N2O4S/c1-13(14-7-9-15(10-8-14)26(2,23)24)20-19(22)21-17-11-12-25-18-6-4-3-5-16(17)18/h3-10,13,17H,11-12H2,1-2H3,(H2,20,21,22)/t13-,17+/m1/s1. The van der Waals surface area contributed by atoms with Gasteiger partial charge in [0.15, 0.2) is 9.84 Å². The van der Waals surface area contributed by atoms with E-state index in [9.17, 15) is 13.2 Å². The Bertz CT molecular complexity index is 894. The van der Waals surface area contributed by atoms with Gasteiger partial charge in [-0.05, 0) is 30.7 Å². The van der Waals surface area contributed by atoms with E-state index in [-0.39, 0.29) is 23.0 Å². The summed E-state index contributed by atoms with van der Waals surface area (Å²) in [4.78, 5) is 12.6. The van der Waals surface area contributed by atoms with Gasteiger partial charge in [0, 0.05) is 18.2 Å². The molecule has 2 aromatic rings. The Hall–Kier alpha value is -2.54. The van der Waals surface area contributed by atoms with Gasteiger partial charge >= 0.3 is 6.03 Å². The molecule has 0 aromatic heterocycles. The van der Waals surface area contributed by atoms with Crippen LogP contribution in [0.3, 0.4) is 0 Å². The number of hydrogen-bond acceptors (Lipinski definition) is 4. The number of nitrogens with one attached hydrogen (secondary N) is 2. The number of carbonyl (C=O) groups excluding carboxylic acids is 1. The number of fused-ring (bicyclic) bond motifs is 1. The van der Waals surface area contributed by atoms with E-state index in [1.807, 2.05) is 31.2 Å². The van der Waals surface area contributed by atoms with Gasteiger partial charge < -0.3 is 15.4 Å². The maximum absolute atomic E-state index is 12.4. The number of hydrogen-bond donors (Lipinski definition) is 2. The minimum atomic E-state index is -3.23. The van der Waals surface area contributed by atoms with Gasteiger partial charge in [0.05, 0.1) is 23.6 Å². The fourth-order valence-corrected chi connectivity index (χ4v) is 3.61. The normalized spacial score (nSPS) is 17.5. The van der Waals surface area contributed by atoms with Crippen molar-refractivity contribution in [1.82, 2.24) is 10.6 Å². The lowest BCUT2D eigenvalue weighted by Gasteiger charge is -2.27. The predicted molar refractivity (Wildman–Crippen MR) is 98.9 cm³/mol. The molecular formula is C19H22N2O4S. The van der Waals surface area contributed by atoms with Gasteiger partial charge in [0.25, 0.3) is 0 Å². The minimum Gasteiger partial charge on any atom is -0.493 e. The van der Waals surface area contributed by atoms with Crippen molar-refractivity contribution in [2.75, 3.05) is 12.9 Å². The first kappa shape index (κ1) is 18.3. The fraction of sp³-hybridized carbons (Fsp3) is 0.316. The molecule has 0 saturated heterocycles. The van der Waals surface area contributed by atoms with E-state index in [2.05, 4.69) is 10.6 Å². The molecule has 1 heterocycles. The Balaban J connectivity index is 1.63. The van der Waals surface area contributed by atoms with Crippen molar-refractivity contribution in [2.24, 2.45) is 0 Å². The summed E-state index contributed by atoms with van der Waals surface area (Å²) < 4.78 is 28.7. The molecule has 2 amide bonds.